The molecule has 0 saturated carbocycles. The fourth-order valence-electron chi connectivity index (χ4n) is 2.12. The molecule has 2 nitrogen and oxygen atoms in total. The number of imidazole rings is 1. The Hall–Kier alpha value is -0.0500. The van der Waals surface area contributed by atoms with Crippen LogP contribution in [0.3, 0.4) is 0 Å². The zero-order valence-electron chi connectivity index (χ0n) is 10.1. The van der Waals surface area contributed by atoms with E-state index < -0.39 is 0 Å². The molecule has 3 aromatic rings. The number of rotatable bonds is 2. The van der Waals surface area contributed by atoms with Crippen LogP contribution in [0.15, 0.2) is 36.4 Å². The van der Waals surface area contributed by atoms with Gasteiger partial charge in [0.1, 0.15) is 5.82 Å². The van der Waals surface area contributed by atoms with Crippen LogP contribution in [0.4, 0.5) is 0 Å². The van der Waals surface area contributed by atoms with Gasteiger partial charge in [-0.1, -0.05) is 11.6 Å². The van der Waals surface area contributed by atoms with Gasteiger partial charge in [-0.3, -0.25) is 4.57 Å². The lowest BCUT2D eigenvalue weighted by Crippen LogP contribution is -2.01. The van der Waals surface area contributed by atoms with E-state index in [1.165, 1.54) is 0 Å². The molecule has 0 unspecified atom stereocenters. The highest BCUT2D eigenvalue weighted by Gasteiger charge is 2.14. The van der Waals surface area contributed by atoms with E-state index in [9.17, 15) is 0 Å². The molecular formula is C14H8Cl2I2N2. The Morgan fingerprint density at radius 1 is 1.10 bits per heavy atom. The van der Waals surface area contributed by atoms with Crippen LogP contribution >= 0.6 is 68.4 Å². The predicted molar refractivity (Wildman–Crippen MR) is 101 cm³/mol. The molecule has 0 fully saturated rings. The molecule has 0 saturated heterocycles. The molecule has 0 atom stereocenters. The van der Waals surface area contributed by atoms with E-state index in [-0.39, 0.29) is 0 Å². The second-order valence-electron chi connectivity index (χ2n) is 4.23. The fraction of sp³-hybridized carbons (Fsp3) is 0.0714. The molecule has 1 heterocycles. The SMILES string of the molecule is ClCc1nc2cc(I)ccc2n1-c1ccc(Cl)cc1I. The Balaban J connectivity index is 2.34. The predicted octanol–water partition coefficient (Wildman–Crippen LogP) is 5.63. The topological polar surface area (TPSA) is 17.8 Å². The molecule has 20 heavy (non-hydrogen) atoms. The van der Waals surface area contributed by atoms with Crippen molar-refractivity contribution in [1.29, 1.82) is 0 Å². The van der Waals surface area contributed by atoms with Crippen LogP contribution < -0.4 is 0 Å². The molecule has 0 aliphatic rings. The minimum absolute atomic E-state index is 0.365. The third-order valence-electron chi connectivity index (χ3n) is 2.96. The first-order valence-electron chi connectivity index (χ1n) is 5.78. The summed E-state index contributed by atoms with van der Waals surface area (Å²) in [5.41, 5.74) is 3.06. The molecule has 0 bridgehead atoms. The largest absolute Gasteiger partial charge is 0.294 e. The summed E-state index contributed by atoms with van der Waals surface area (Å²) in [5, 5.41) is 0.726. The second-order valence-corrected chi connectivity index (χ2v) is 7.34. The van der Waals surface area contributed by atoms with Crippen molar-refractivity contribution in [2.75, 3.05) is 0 Å². The molecule has 0 aliphatic heterocycles. The van der Waals surface area contributed by atoms with Gasteiger partial charge in [-0.05, 0) is 81.6 Å². The summed E-state index contributed by atoms with van der Waals surface area (Å²) in [7, 11) is 0. The van der Waals surface area contributed by atoms with Gasteiger partial charge in [0.2, 0.25) is 0 Å². The van der Waals surface area contributed by atoms with Crippen LogP contribution in [0.1, 0.15) is 5.82 Å². The lowest BCUT2D eigenvalue weighted by molar-refractivity contribution is 0.977. The Kier molecular flexibility index (Phi) is 4.45. The van der Waals surface area contributed by atoms with Crippen molar-refractivity contribution < 1.29 is 0 Å². The monoisotopic (exact) mass is 528 g/mol. The van der Waals surface area contributed by atoms with Gasteiger partial charge in [0.25, 0.3) is 0 Å². The molecule has 3 rings (SSSR count). The second kappa shape index (κ2) is 5.98. The van der Waals surface area contributed by atoms with Gasteiger partial charge >= 0.3 is 0 Å². The highest BCUT2D eigenvalue weighted by atomic mass is 127. The minimum Gasteiger partial charge on any atom is -0.294 e. The van der Waals surface area contributed by atoms with Crippen molar-refractivity contribution in [2.45, 2.75) is 5.88 Å². The van der Waals surface area contributed by atoms with Crippen molar-refractivity contribution in [2.24, 2.45) is 0 Å². The first kappa shape index (κ1) is 14.9. The van der Waals surface area contributed by atoms with E-state index in [0.29, 0.717) is 5.88 Å². The van der Waals surface area contributed by atoms with Gasteiger partial charge in [-0.25, -0.2) is 4.98 Å². The molecule has 0 amide bonds. The van der Waals surface area contributed by atoms with Crippen LogP contribution in [-0.2, 0) is 5.88 Å². The van der Waals surface area contributed by atoms with Gasteiger partial charge in [-0.2, -0.15) is 0 Å². The molecule has 2 aromatic carbocycles. The summed E-state index contributed by atoms with van der Waals surface area (Å²) in [6.45, 7) is 0. The van der Waals surface area contributed by atoms with E-state index in [1.807, 2.05) is 18.2 Å². The maximum Gasteiger partial charge on any atom is 0.129 e. The zero-order chi connectivity index (χ0) is 14.3. The average Bonchev–Trinajstić information content (AvgIpc) is 2.76. The summed E-state index contributed by atoms with van der Waals surface area (Å²) in [5.74, 6) is 1.20. The Labute approximate surface area is 153 Å². The van der Waals surface area contributed by atoms with Crippen molar-refractivity contribution in [3.63, 3.8) is 0 Å². The van der Waals surface area contributed by atoms with Crippen molar-refractivity contribution in [1.82, 2.24) is 9.55 Å². The van der Waals surface area contributed by atoms with Crippen molar-refractivity contribution in [3.8, 4) is 5.69 Å². The highest BCUT2D eigenvalue weighted by molar-refractivity contribution is 14.1. The van der Waals surface area contributed by atoms with Gasteiger partial charge in [-0.15, -0.1) is 11.6 Å². The summed E-state index contributed by atoms with van der Waals surface area (Å²) in [6.07, 6.45) is 0. The molecule has 0 spiro atoms. The minimum atomic E-state index is 0.365. The first-order valence-corrected chi connectivity index (χ1v) is 8.85. The summed E-state index contributed by atoms with van der Waals surface area (Å²) in [6, 6.07) is 12.0. The molecule has 0 N–H and O–H groups in total. The smallest absolute Gasteiger partial charge is 0.129 e. The van der Waals surface area contributed by atoms with Gasteiger partial charge in [0, 0.05) is 12.2 Å². The van der Waals surface area contributed by atoms with Gasteiger partial charge in [0.05, 0.1) is 22.6 Å². The third kappa shape index (κ3) is 2.67. The maximum absolute atomic E-state index is 6.06. The Morgan fingerprint density at radius 3 is 2.60 bits per heavy atom. The number of nitrogens with zero attached hydrogens (tertiary/aromatic N) is 2. The van der Waals surface area contributed by atoms with Crippen LogP contribution in [0.2, 0.25) is 5.02 Å². The van der Waals surface area contributed by atoms with Crippen LogP contribution in [0, 0.1) is 7.14 Å². The summed E-state index contributed by atoms with van der Waals surface area (Å²) in [4.78, 5) is 4.62. The van der Waals surface area contributed by atoms with Crippen LogP contribution in [0.5, 0.6) is 0 Å². The highest BCUT2D eigenvalue weighted by Crippen LogP contribution is 2.28. The van der Waals surface area contributed by atoms with E-state index >= 15 is 0 Å². The van der Waals surface area contributed by atoms with E-state index in [1.54, 1.807) is 0 Å². The summed E-state index contributed by atoms with van der Waals surface area (Å²) >= 11 is 16.7. The fourth-order valence-corrected chi connectivity index (χ4v) is 3.89. The van der Waals surface area contributed by atoms with Crippen molar-refractivity contribution >= 4 is 79.4 Å². The zero-order valence-corrected chi connectivity index (χ0v) is 15.9. The number of hydrogen-bond donors (Lipinski definition) is 0. The third-order valence-corrected chi connectivity index (χ3v) is 4.97. The Morgan fingerprint density at radius 2 is 1.90 bits per heavy atom. The molecule has 6 heteroatoms. The number of aromatic nitrogens is 2. The lowest BCUT2D eigenvalue weighted by Gasteiger charge is -2.10. The van der Waals surface area contributed by atoms with Crippen LogP contribution in [0.25, 0.3) is 16.7 Å². The number of hydrogen-bond acceptors (Lipinski definition) is 1. The normalized spacial score (nSPS) is 11.2. The van der Waals surface area contributed by atoms with Crippen molar-refractivity contribution in [3.05, 3.63) is 54.4 Å². The van der Waals surface area contributed by atoms with Crippen LogP contribution in [-0.4, -0.2) is 9.55 Å². The Bertz CT molecular complexity index is 799. The molecule has 1 aromatic heterocycles. The standard InChI is InChI=1S/C14H8Cl2I2N2/c15-7-14-19-11-6-9(17)2-4-13(11)20(14)12-3-1-8(16)5-10(12)18/h1-6H,7H2. The number of alkyl halides is 1. The molecular weight excluding hydrogens is 521 g/mol. The van der Waals surface area contributed by atoms with E-state index in [4.69, 9.17) is 23.2 Å². The molecule has 102 valence electrons. The average molecular weight is 529 g/mol. The number of benzene rings is 2. The lowest BCUT2D eigenvalue weighted by atomic mass is 10.3. The van der Waals surface area contributed by atoms with E-state index in [0.717, 1.165) is 34.7 Å². The molecule has 0 aliphatic carbocycles. The first-order chi connectivity index (χ1) is 9.60. The van der Waals surface area contributed by atoms with E-state index in [2.05, 4.69) is 72.9 Å². The molecule has 0 radical (unpaired) electrons. The van der Waals surface area contributed by atoms with Gasteiger partial charge in [0.15, 0.2) is 0 Å². The van der Waals surface area contributed by atoms with Gasteiger partial charge < -0.3 is 0 Å². The summed E-state index contributed by atoms with van der Waals surface area (Å²) < 4.78 is 4.32. The number of fused-ring (bicyclic) bond motifs is 1. The maximum atomic E-state index is 6.06. The quantitative estimate of drug-likeness (QED) is 0.311. The number of halogens is 4.